The first-order chi connectivity index (χ1) is 9.81. The molecule has 0 bridgehead atoms. The van der Waals surface area contributed by atoms with Crippen LogP contribution in [0, 0.1) is 0 Å². The lowest BCUT2D eigenvalue weighted by molar-refractivity contribution is 0.185. The monoisotopic (exact) mass is 273 g/mol. The number of nitrogens with zero attached hydrogens (tertiary/aromatic N) is 2. The summed E-state index contributed by atoms with van der Waals surface area (Å²) in [6.07, 6.45) is 1.03. The van der Waals surface area contributed by atoms with Crippen molar-refractivity contribution in [2.45, 2.75) is 25.3 Å². The molecule has 0 amide bonds. The lowest BCUT2D eigenvalue weighted by atomic mass is 10.0. The number of aryl methyl sites for hydroxylation is 1. The van der Waals surface area contributed by atoms with Crippen molar-refractivity contribution in [1.29, 1.82) is 0 Å². The number of benzene rings is 1. The van der Waals surface area contributed by atoms with Crippen LogP contribution in [-0.2, 0) is 11.2 Å². The molecule has 0 radical (unpaired) electrons. The van der Waals surface area contributed by atoms with E-state index in [0.717, 1.165) is 12.0 Å². The second-order valence-corrected chi connectivity index (χ2v) is 5.05. The molecule has 1 aliphatic heterocycles. The first-order valence-electron chi connectivity index (χ1n) is 6.99. The summed E-state index contributed by atoms with van der Waals surface area (Å²) in [5.41, 5.74) is 2.29. The molecule has 0 spiro atoms. The second kappa shape index (κ2) is 5.73. The van der Waals surface area contributed by atoms with Gasteiger partial charge in [-0.25, -0.2) is 0 Å². The molecular formula is C15H19N3O2. The van der Waals surface area contributed by atoms with Crippen LogP contribution in [0.1, 0.15) is 24.3 Å². The van der Waals surface area contributed by atoms with E-state index in [0.29, 0.717) is 24.9 Å². The Hall–Kier alpha value is -1.72. The van der Waals surface area contributed by atoms with Crippen LogP contribution in [0.2, 0.25) is 0 Å². The van der Waals surface area contributed by atoms with E-state index in [1.54, 1.807) is 0 Å². The summed E-state index contributed by atoms with van der Waals surface area (Å²) in [4.78, 5) is 4.52. The van der Waals surface area contributed by atoms with Crippen molar-refractivity contribution in [1.82, 2.24) is 15.5 Å². The highest BCUT2D eigenvalue weighted by atomic mass is 16.5. The molecule has 0 saturated carbocycles. The summed E-state index contributed by atoms with van der Waals surface area (Å²) < 4.78 is 10.9. The van der Waals surface area contributed by atoms with E-state index in [4.69, 9.17) is 9.26 Å². The Kier molecular flexibility index (Phi) is 3.80. The molecule has 5 nitrogen and oxygen atoms in total. The summed E-state index contributed by atoms with van der Waals surface area (Å²) >= 11 is 0. The van der Waals surface area contributed by atoms with Gasteiger partial charge in [0.25, 0.3) is 0 Å². The Morgan fingerprint density at radius 2 is 2.05 bits per heavy atom. The van der Waals surface area contributed by atoms with Crippen molar-refractivity contribution in [3.05, 3.63) is 35.7 Å². The summed E-state index contributed by atoms with van der Waals surface area (Å²) in [5.74, 6) is 1.43. The minimum absolute atomic E-state index is 0.135. The van der Waals surface area contributed by atoms with Crippen LogP contribution in [0.4, 0.5) is 0 Å². The number of nitrogens with one attached hydrogen (secondary N) is 1. The van der Waals surface area contributed by atoms with Crippen molar-refractivity contribution in [3.63, 3.8) is 0 Å². The number of ether oxygens (including phenoxy) is 1. The molecule has 1 saturated heterocycles. The molecule has 106 valence electrons. The van der Waals surface area contributed by atoms with Crippen LogP contribution in [0.3, 0.4) is 0 Å². The maximum atomic E-state index is 5.47. The first-order valence-corrected chi connectivity index (χ1v) is 6.99. The van der Waals surface area contributed by atoms with Gasteiger partial charge in [-0.05, 0) is 19.0 Å². The normalized spacial score (nSPS) is 22.3. The van der Waals surface area contributed by atoms with E-state index < -0.39 is 0 Å². The third kappa shape index (κ3) is 2.46. The number of hydrogen-bond donors (Lipinski definition) is 1. The molecule has 20 heavy (non-hydrogen) atoms. The maximum absolute atomic E-state index is 5.47. The molecule has 2 unspecified atom stereocenters. The zero-order valence-corrected chi connectivity index (χ0v) is 11.8. The van der Waals surface area contributed by atoms with E-state index in [1.807, 2.05) is 19.2 Å². The molecule has 1 N–H and O–H groups in total. The molecule has 3 rings (SSSR count). The molecule has 5 heteroatoms. The van der Waals surface area contributed by atoms with Gasteiger partial charge >= 0.3 is 0 Å². The molecule has 1 fully saturated rings. The summed E-state index contributed by atoms with van der Waals surface area (Å²) in [6, 6.07) is 8.51. The van der Waals surface area contributed by atoms with Gasteiger partial charge in [0.05, 0.1) is 19.1 Å². The standard InChI is InChI=1S/C15H19N3O2/c1-3-10-4-6-11(7-5-10)14-17-15(20-18-14)12-8-19-9-13(12)16-2/h4-7,12-13,16H,3,8-9H2,1-2H3. The predicted molar refractivity (Wildman–Crippen MR) is 75.5 cm³/mol. The summed E-state index contributed by atoms with van der Waals surface area (Å²) in [6.45, 7) is 3.45. The minimum Gasteiger partial charge on any atom is -0.379 e. The van der Waals surface area contributed by atoms with Gasteiger partial charge in [-0.15, -0.1) is 0 Å². The van der Waals surface area contributed by atoms with Gasteiger partial charge in [0.2, 0.25) is 11.7 Å². The Morgan fingerprint density at radius 3 is 2.75 bits per heavy atom. The molecule has 1 aliphatic rings. The Balaban J connectivity index is 1.82. The van der Waals surface area contributed by atoms with Gasteiger partial charge in [-0.3, -0.25) is 0 Å². The number of rotatable bonds is 4. The van der Waals surface area contributed by atoms with Crippen molar-refractivity contribution in [2.24, 2.45) is 0 Å². The lowest BCUT2D eigenvalue weighted by Crippen LogP contribution is -2.31. The fourth-order valence-corrected chi connectivity index (χ4v) is 2.47. The predicted octanol–water partition coefficient (Wildman–Crippen LogP) is 2.00. The third-order valence-corrected chi connectivity index (χ3v) is 3.83. The van der Waals surface area contributed by atoms with Crippen LogP contribution >= 0.6 is 0 Å². The maximum Gasteiger partial charge on any atom is 0.234 e. The van der Waals surface area contributed by atoms with E-state index in [2.05, 4.69) is 34.5 Å². The molecule has 0 aliphatic carbocycles. The number of aromatic nitrogens is 2. The van der Waals surface area contributed by atoms with Gasteiger partial charge in [0.1, 0.15) is 0 Å². The van der Waals surface area contributed by atoms with Crippen molar-refractivity contribution in [3.8, 4) is 11.4 Å². The lowest BCUT2D eigenvalue weighted by Gasteiger charge is -2.11. The zero-order valence-electron chi connectivity index (χ0n) is 11.8. The first kappa shape index (κ1) is 13.3. The zero-order chi connectivity index (χ0) is 13.9. The van der Waals surface area contributed by atoms with E-state index >= 15 is 0 Å². The highest BCUT2D eigenvalue weighted by Crippen LogP contribution is 2.26. The smallest absolute Gasteiger partial charge is 0.234 e. The fraction of sp³-hybridized carbons (Fsp3) is 0.467. The SMILES string of the molecule is CCc1ccc(-c2noc(C3COCC3NC)n2)cc1. The van der Waals surface area contributed by atoms with E-state index in [1.165, 1.54) is 5.56 Å². The molecule has 1 aromatic heterocycles. The largest absolute Gasteiger partial charge is 0.379 e. The van der Waals surface area contributed by atoms with Crippen LogP contribution in [0.25, 0.3) is 11.4 Å². The van der Waals surface area contributed by atoms with Gasteiger partial charge in [0, 0.05) is 11.6 Å². The molecular weight excluding hydrogens is 254 g/mol. The van der Waals surface area contributed by atoms with Gasteiger partial charge in [0.15, 0.2) is 0 Å². The van der Waals surface area contributed by atoms with E-state index in [-0.39, 0.29) is 12.0 Å². The average molecular weight is 273 g/mol. The minimum atomic E-state index is 0.135. The summed E-state index contributed by atoms with van der Waals surface area (Å²) in [7, 11) is 1.92. The molecule has 2 atom stereocenters. The Morgan fingerprint density at radius 1 is 1.25 bits per heavy atom. The highest BCUT2D eigenvalue weighted by Gasteiger charge is 2.33. The van der Waals surface area contributed by atoms with Gasteiger partial charge in [-0.2, -0.15) is 4.98 Å². The van der Waals surface area contributed by atoms with Gasteiger partial charge < -0.3 is 14.6 Å². The van der Waals surface area contributed by atoms with E-state index in [9.17, 15) is 0 Å². The Bertz CT molecular complexity index is 565. The number of hydrogen-bond acceptors (Lipinski definition) is 5. The van der Waals surface area contributed by atoms with Crippen LogP contribution < -0.4 is 5.32 Å². The molecule has 1 aromatic carbocycles. The fourth-order valence-electron chi connectivity index (χ4n) is 2.47. The topological polar surface area (TPSA) is 60.2 Å². The van der Waals surface area contributed by atoms with Crippen LogP contribution in [-0.4, -0.2) is 36.4 Å². The van der Waals surface area contributed by atoms with Crippen molar-refractivity contribution >= 4 is 0 Å². The van der Waals surface area contributed by atoms with Crippen LogP contribution in [0.5, 0.6) is 0 Å². The average Bonchev–Trinajstić information content (AvgIpc) is 3.15. The van der Waals surface area contributed by atoms with Gasteiger partial charge in [-0.1, -0.05) is 36.3 Å². The Labute approximate surface area is 118 Å². The van der Waals surface area contributed by atoms with Crippen LogP contribution in [0.15, 0.2) is 28.8 Å². The number of likely N-dealkylation sites (N-methyl/N-ethyl adjacent to an activating group) is 1. The second-order valence-electron chi connectivity index (χ2n) is 5.05. The van der Waals surface area contributed by atoms with Crippen molar-refractivity contribution in [2.75, 3.05) is 20.3 Å². The highest BCUT2D eigenvalue weighted by molar-refractivity contribution is 5.54. The molecule has 2 heterocycles. The van der Waals surface area contributed by atoms with Crippen molar-refractivity contribution < 1.29 is 9.26 Å². The molecule has 2 aromatic rings. The third-order valence-electron chi connectivity index (χ3n) is 3.83. The quantitative estimate of drug-likeness (QED) is 0.923. The summed E-state index contributed by atoms with van der Waals surface area (Å²) in [5, 5.41) is 7.31.